The quantitative estimate of drug-likeness (QED) is 0.434. The van der Waals surface area contributed by atoms with E-state index in [1.807, 2.05) is 30.3 Å². The summed E-state index contributed by atoms with van der Waals surface area (Å²) in [5.74, 6) is -0.0558. The third-order valence-corrected chi connectivity index (χ3v) is 5.60. The molecule has 4 rings (SSSR count). The number of nitrogens with zero attached hydrogens (tertiary/aromatic N) is 2. The average Bonchev–Trinajstić information content (AvgIpc) is 3.30. The Morgan fingerprint density at radius 1 is 1.17 bits per heavy atom. The Bertz CT molecular complexity index is 919. The molecule has 1 fully saturated rings. The van der Waals surface area contributed by atoms with Crippen LogP contribution in [-0.4, -0.2) is 48.3 Å². The average molecular weight is 398 g/mol. The highest BCUT2D eigenvalue weighted by Gasteiger charge is 2.58. The summed E-state index contributed by atoms with van der Waals surface area (Å²) < 4.78 is 16.1. The van der Waals surface area contributed by atoms with Crippen LogP contribution in [0.15, 0.2) is 48.5 Å². The van der Waals surface area contributed by atoms with E-state index in [4.69, 9.17) is 14.2 Å². The number of carbonyl (C=O) groups is 1. The van der Waals surface area contributed by atoms with Crippen molar-refractivity contribution in [2.24, 2.45) is 0 Å². The van der Waals surface area contributed by atoms with Crippen molar-refractivity contribution in [1.29, 1.82) is 0 Å². The Kier molecular flexibility index (Phi) is 5.10. The van der Waals surface area contributed by atoms with Crippen LogP contribution in [0, 0.1) is 10.1 Å². The normalized spacial score (nSPS) is 25.7. The summed E-state index contributed by atoms with van der Waals surface area (Å²) in [4.78, 5) is 26.6. The molecule has 2 aliphatic heterocycles. The second-order valence-corrected chi connectivity index (χ2v) is 7.13. The minimum absolute atomic E-state index is 0.107. The van der Waals surface area contributed by atoms with Gasteiger partial charge in [-0.1, -0.05) is 36.4 Å². The number of hydrogen-bond donors (Lipinski definition) is 0. The SMILES string of the molecule is CCOC(=O)[C@@H]1[C@H](c2ccc3c(c2)OCO3)[C@@H]([N+](=O)[O-])[C@H](c2ccccc2)N1C. The van der Waals surface area contributed by atoms with Crippen molar-refractivity contribution in [3.63, 3.8) is 0 Å². The molecule has 0 aromatic heterocycles. The standard InChI is InChI=1S/C21H22N2O6/c1-3-27-21(24)20-17(14-9-10-15-16(11-14)29-12-28-15)19(23(25)26)18(22(20)2)13-7-5-4-6-8-13/h4-11,17-20H,3,12H2,1-2H3/t17-,18+,19-,20+/m1/s1. The number of benzene rings is 2. The molecular weight excluding hydrogens is 376 g/mol. The van der Waals surface area contributed by atoms with Crippen LogP contribution in [0.3, 0.4) is 0 Å². The van der Waals surface area contributed by atoms with Crippen LogP contribution in [0.4, 0.5) is 0 Å². The Hall–Kier alpha value is -3.13. The van der Waals surface area contributed by atoms with Gasteiger partial charge in [0, 0.05) is 4.92 Å². The van der Waals surface area contributed by atoms with Gasteiger partial charge in [-0.3, -0.25) is 19.8 Å². The number of likely N-dealkylation sites (N-methyl/N-ethyl adjacent to an activating group) is 1. The van der Waals surface area contributed by atoms with Crippen molar-refractivity contribution in [1.82, 2.24) is 4.90 Å². The first kappa shape index (κ1) is 19.2. The molecular formula is C21H22N2O6. The first-order valence-corrected chi connectivity index (χ1v) is 9.49. The summed E-state index contributed by atoms with van der Waals surface area (Å²) in [6.07, 6.45) is 0. The molecule has 152 valence electrons. The van der Waals surface area contributed by atoms with Crippen molar-refractivity contribution in [3.05, 3.63) is 69.8 Å². The molecule has 4 atom stereocenters. The van der Waals surface area contributed by atoms with Gasteiger partial charge in [-0.2, -0.15) is 0 Å². The number of fused-ring (bicyclic) bond motifs is 1. The number of likely N-dealkylation sites (tertiary alicyclic amines) is 1. The van der Waals surface area contributed by atoms with E-state index in [-0.39, 0.29) is 18.3 Å². The lowest BCUT2D eigenvalue weighted by Gasteiger charge is -2.24. The first-order chi connectivity index (χ1) is 14.0. The van der Waals surface area contributed by atoms with Crippen LogP contribution >= 0.6 is 0 Å². The van der Waals surface area contributed by atoms with E-state index in [1.54, 1.807) is 37.1 Å². The largest absolute Gasteiger partial charge is 0.465 e. The maximum atomic E-state index is 12.9. The molecule has 29 heavy (non-hydrogen) atoms. The molecule has 0 unspecified atom stereocenters. The maximum Gasteiger partial charge on any atom is 0.324 e. The Morgan fingerprint density at radius 2 is 1.90 bits per heavy atom. The molecule has 0 aliphatic carbocycles. The highest BCUT2D eigenvalue weighted by molar-refractivity contribution is 5.78. The number of carbonyl (C=O) groups excluding carboxylic acids is 1. The fourth-order valence-corrected chi connectivity index (χ4v) is 4.42. The molecule has 8 nitrogen and oxygen atoms in total. The van der Waals surface area contributed by atoms with Gasteiger partial charge in [0.05, 0.1) is 12.5 Å². The molecule has 0 N–H and O–H groups in total. The summed E-state index contributed by atoms with van der Waals surface area (Å²) >= 11 is 0. The van der Waals surface area contributed by atoms with Gasteiger partial charge in [-0.05, 0) is 37.2 Å². The van der Waals surface area contributed by atoms with Gasteiger partial charge >= 0.3 is 5.97 Å². The van der Waals surface area contributed by atoms with Crippen LogP contribution in [0.1, 0.15) is 30.0 Å². The topological polar surface area (TPSA) is 91.1 Å². The summed E-state index contributed by atoms with van der Waals surface area (Å²) in [6.45, 7) is 2.04. The van der Waals surface area contributed by atoms with Crippen molar-refractivity contribution in [3.8, 4) is 11.5 Å². The first-order valence-electron chi connectivity index (χ1n) is 9.49. The summed E-state index contributed by atoms with van der Waals surface area (Å²) in [5, 5.41) is 12.2. The third-order valence-electron chi connectivity index (χ3n) is 5.60. The van der Waals surface area contributed by atoms with Gasteiger partial charge in [0.25, 0.3) is 0 Å². The van der Waals surface area contributed by atoms with Crippen LogP contribution in [0.2, 0.25) is 0 Å². The number of ether oxygens (including phenoxy) is 3. The van der Waals surface area contributed by atoms with Crippen LogP contribution < -0.4 is 9.47 Å². The third kappa shape index (κ3) is 3.29. The Balaban J connectivity index is 1.83. The molecule has 0 bridgehead atoms. The van der Waals surface area contributed by atoms with E-state index in [1.165, 1.54) is 0 Å². The number of hydrogen-bond acceptors (Lipinski definition) is 7. The van der Waals surface area contributed by atoms with Crippen molar-refractivity contribution in [2.75, 3.05) is 20.4 Å². The number of esters is 1. The second-order valence-electron chi connectivity index (χ2n) is 7.13. The van der Waals surface area contributed by atoms with Crippen LogP contribution in [-0.2, 0) is 9.53 Å². The molecule has 8 heteroatoms. The highest BCUT2D eigenvalue weighted by atomic mass is 16.7. The molecule has 2 heterocycles. The van der Waals surface area contributed by atoms with E-state index in [0.29, 0.717) is 17.1 Å². The Labute approximate surface area is 168 Å². The van der Waals surface area contributed by atoms with Crippen molar-refractivity contribution < 1.29 is 23.9 Å². The minimum atomic E-state index is -1.03. The fourth-order valence-electron chi connectivity index (χ4n) is 4.42. The predicted molar refractivity (Wildman–Crippen MR) is 103 cm³/mol. The maximum absolute atomic E-state index is 12.9. The van der Waals surface area contributed by atoms with Crippen molar-refractivity contribution in [2.45, 2.75) is 31.0 Å². The van der Waals surface area contributed by atoms with Gasteiger partial charge in [0.15, 0.2) is 11.5 Å². The summed E-state index contributed by atoms with van der Waals surface area (Å²) in [5.41, 5.74) is 1.44. The Morgan fingerprint density at radius 3 is 2.59 bits per heavy atom. The fraction of sp³-hybridized carbons (Fsp3) is 0.381. The van der Waals surface area contributed by atoms with Crippen LogP contribution in [0.5, 0.6) is 11.5 Å². The molecule has 1 saturated heterocycles. The zero-order valence-corrected chi connectivity index (χ0v) is 16.2. The van der Waals surface area contributed by atoms with E-state index >= 15 is 0 Å². The number of nitro groups is 1. The molecule has 0 radical (unpaired) electrons. The van der Waals surface area contributed by atoms with Gasteiger partial charge in [-0.15, -0.1) is 0 Å². The lowest BCUT2D eigenvalue weighted by Crippen LogP contribution is -2.38. The molecule has 2 aliphatic rings. The van der Waals surface area contributed by atoms with Gasteiger partial charge in [0.1, 0.15) is 12.1 Å². The summed E-state index contributed by atoms with van der Waals surface area (Å²) in [6, 6.07) is 12.1. The molecule has 2 aromatic rings. The lowest BCUT2D eigenvalue weighted by molar-refractivity contribution is -0.528. The molecule has 0 amide bonds. The molecule has 0 saturated carbocycles. The number of rotatable bonds is 5. The smallest absolute Gasteiger partial charge is 0.324 e. The second kappa shape index (κ2) is 7.71. The van der Waals surface area contributed by atoms with E-state index < -0.39 is 30.0 Å². The predicted octanol–water partition coefficient (Wildman–Crippen LogP) is 2.76. The minimum Gasteiger partial charge on any atom is -0.465 e. The monoisotopic (exact) mass is 398 g/mol. The summed E-state index contributed by atoms with van der Waals surface area (Å²) in [7, 11) is 1.74. The highest BCUT2D eigenvalue weighted by Crippen LogP contribution is 2.48. The van der Waals surface area contributed by atoms with Gasteiger partial charge in [-0.25, -0.2) is 0 Å². The van der Waals surface area contributed by atoms with Gasteiger partial charge < -0.3 is 14.2 Å². The molecule has 2 aromatic carbocycles. The van der Waals surface area contributed by atoms with Crippen molar-refractivity contribution >= 4 is 5.97 Å². The van der Waals surface area contributed by atoms with Gasteiger partial charge in [0.2, 0.25) is 12.8 Å². The zero-order chi connectivity index (χ0) is 20.5. The zero-order valence-electron chi connectivity index (χ0n) is 16.2. The van der Waals surface area contributed by atoms with E-state index in [2.05, 4.69) is 0 Å². The van der Waals surface area contributed by atoms with E-state index in [9.17, 15) is 14.9 Å². The van der Waals surface area contributed by atoms with Crippen LogP contribution in [0.25, 0.3) is 0 Å². The lowest BCUT2D eigenvalue weighted by atomic mass is 9.85. The van der Waals surface area contributed by atoms with E-state index in [0.717, 1.165) is 5.56 Å². The molecule has 0 spiro atoms.